The van der Waals surface area contributed by atoms with Crippen LogP contribution >= 0.6 is 0 Å². The molecule has 2 aliphatic heterocycles. The maximum atomic E-state index is 6.71. The van der Waals surface area contributed by atoms with Crippen LogP contribution in [0, 0.1) is 0 Å². The summed E-state index contributed by atoms with van der Waals surface area (Å²) in [7, 11) is 3.91. The first-order chi connectivity index (χ1) is 11.2. The van der Waals surface area contributed by atoms with Gasteiger partial charge >= 0.3 is 0 Å². The summed E-state index contributed by atoms with van der Waals surface area (Å²) >= 11 is 0. The summed E-state index contributed by atoms with van der Waals surface area (Å²) in [6.07, 6.45) is 2.10. The molecule has 120 valence electrons. The second-order valence-electron chi connectivity index (χ2n) is 6.66. The number of methoxy groups -OCH3 is 1. The van der Waals surface area contributed by atoms with Crippen LogP contribution in [0.5, 0.6) is 5.75 Å². The van der Waals surface area contributed by atoms with Gasteiger partial charge in [-0.15, -0.1) is 0 Å². The number of fused-ring (bicyclic) bond motifs is 2. The zero-order chi connectivity index (χ0) is 15.9. The zero-order valence-electron chi connectivity index (χ0n) is 13.8. The van der Waals surface area contributed by atoms with E-state index in [0.717, 1.165) is 31.7 Å². The van der Waals surface area contributed by atoms with E-state index in [9.17, 15) is 0 Å². The average Bonchev–Trinajstić information content (AvgIpc) is 2.92. The highest BCUT2D eigenvalue weighted by atomic mass is 16.5. The molecule has 2 aromatic rings. The van der Waals surface area contributed by atoms with Crippen molar-refractivity contribution in [3.05, 3.63) is 65.2 Å². The number of piperidine rings is 1. The molecule has 2 heterocycles. The average molecular weight is 309 g/mol. The Labute approximate surface area is 137 Å². The van der Waals surface area contributed by atoms with Crippen molar-refractivity contribution in [2.24, 2.45) is 0 Å². The van der Waals surface area contributed by atoms with Gasteiger partial charge in [0.05, 0.1) is 12.7 Å². The third kappa shape index (κ3) is 2.44. The quantitative estimate of drug-likeness (QED) is 0.843. The van der Waals surface area contributed by atoms with E-state index in [4.69, 9.17) is 9.47 Å². The molecule has 2 aromatic carbocycles. The molecule has 0 radical (unpaired) electrons. The number of ether oxygens (including phenoxy) is 2. The van der Waals surface area contributed by atoms with Crippen molar-refractivity contribution >= 4 is 0 Å². The van der Waals surface area contributed by atoms with E-state index < -0.39 is 0 Å². The van der Waals surface area contributed by atoms with Crippen LogP contribution in [0.15, 0.2) is 48.5 Å². The van der Waals surface area contributed by atoms with Crippen molar-refractivity contribution in [3.63, 3.8) is 0 Å². The molecule has 4 rings (SSSR count). The Hall–Kier alpha value is -1.84. The van der Waals surface area contributed by atoms with Gasteiger partial charge in [-0.3, -0.25) is 0 Å². The molecule has 0 aromatic heterocycles. The molecule has 1 saturated heterocycles. The Morgan fingerprint density at radius 3 is 2.52 bits per heavy atom. The fourth-order valence-electron chi connectivity index (χ4n) is 3.89. The van der Waals surface area contributed by atoms with Gasteiger partial charge in [0, 0.05) is 13.1 Å². The van der Waals surface area contributed by atoms with E-state index in [1.54, 1.807) is 7.11 Å². The monoisotopic (exact) mass is 309 g/mol. The van der Waals surface area contributed by atoms with E-state index >= 15 is 0 Å². The van der Waals surface area contributed by atoms with Crippen molar-refractivity contribution in [3.8, 4) is 5.75 Å². The van der Waals surface area contributed by atoms with Crippen LogP contribution in [0.2, 0.25) is 0 Å². The molecule has 0 N–H and O–H groups in total. The smallest absolute Gasteiger partial charge is 0.119 e. The summed E-state index contributed by atoms with van der Waals surface area (Å²) in [5.74, 6) is 0.901. The van der Waals surface area contributed by atoms with Gasteiger partial charge in [-0.2, -0.15) is 0 Å². The summed E-state index contributed by atoms with van der Waals surface area (Å²) in [6, 6.07) is 17.0. The van der Waals surface area contributed by atoms with Crippen LogP contribution in [0.4, 0.5) is 0 Å². The minimum Gasteiger partial charge on any atom is -0.497 e. The Morgan fingerprint density at radius 1 is 1.09 bits per heavy atom. The van der Waals surface area contributed by atoms with Crippen molar-refractivity contribution in [1.82, 2.24) is 4.90 Å². The molecule has 23 heavy (non-hydrogen) atoms. The van der Waals surface area contributed by atoms with E-state index in [-0.39, 0.29) is 11.7 Å². The number of hydrogen-bond donors (Lipinski definition) is 0. The first-order valence-electron chi connectivity index (χ1n) is 8.32. The van der Waals surface area contributed by atoms with Crippen LogP contribution in [0.25, 0.3) is 0 Å². The maximum Gasteiger partial charge on any atom is 0.119 e. The summed E-state index contributed by atoms with van der Waals surface area (Å²) in [5.41, 5.74) is 3.69. The van der Waals surface area contributed by atoms with Gasteiger partial charge < -0.3 is 14.4 Å². The van der Waals surface area contributed by atoms with Gasteiger partial charge in [-0.1, -0.05) is 36.4 Å². The lowest BCUT2D eigenvalue weighted by Gasteiger charge is -2.38. The second kappa shape index (κ2) is 5.66. The Balaban J connectivity index is 1.80. The second-order valence-corrected chi connectivity index (χ2v) is 6.66. The third-order valence-corrected chi connectivity index (χ3v) is 5.27. The molecule has 1 atom stereocenters. The topological polar surface area (TPSA) is 21.7 Å². The van der Waals surface area contributed by atoms with Crippen LogP contribution < -0.4 is 4.74 Å². The normalized spacial score (nSPS) is 23.0. The molecule has 0 aliphatic carbocycles. The predicted molar refractivity (Wildman–Crippen MR) is 90.8 cm³/mol. The van der Waals surface area contributed by atoms with Gasteiger partial charge in [0.15, 0.2) is 0 Å². The molecule has 1 spiro atoms. The highest BCUT2D eigenvalue weighted by molar-refractivity contribution is 5.47. The Kier molecular flexibility index (Phi) is 3.63. The first-order valence-corrected chi connectivity index (χ1v) is 8.32. The van der Waals surface area contributed by atoms with E-state index in [1.165, 1.54) is 16.7 Å². The number of rotatable bonds is 2. The van der Waals surface area contributed by atoms with Gasteiger partial charge in [-0.05, 0) is 48.7 Å². The zero-order valence-corrected chi connectivity index (χ0v) is 13.8. The predicted octanol–water partition coefficient (Wildman–Crippen LogP) is 3.74. The number of benzene rings is 2. The molecular weight excluding hydrogens is 286 g/mol. The molecule has 3 nitrogen and oxygen atoms in total. The van der Waals surface area contributed by atoms with Crippen molar-refractivity contribution in [1.29, 1.82) is 0 Å². The summed E-state index contributed by atoms with van der Waals surface area (Å²) < 4.78 is 12.2. The van der Waals surface area contributed by atoms with Gasteiger partial charge in [0.2, 0.25) is 0 Å². The van der Waals surface area contributed by atoms with Crippen molar-refractivity contribution < 1.29 is 9.47 Å². The highest BCUT2D eigenvalue weighted by Gasteiger charge is 2.46. The van der Waals surface area contributed by atoms with Crippen LogP contribution in [-0.2, 0) is 10.3 Å². The number of hydrogen-bond acceptors (Lipinski definition) is 3. The lowest BCUT2D eigenvalue weighted by atomic mass is 9.83. The van der Waals surface area contributed by atoms with Crippen LogP contribution in [-0.4, -0.2) is 32.1 Å². The molecule has 3 heteroatoms. The van der Waals surface area contributed by atoms with Crippen molar-refractivity contribution in [2.75, 3.05) is 27.2 Å². The minimum absolute atomic E-state index is 0.00436. The summed E-state index contributed by atoms with van der Waals surface area (Å²) in [4.78, 5) is 2.38. The number of likely N-dealkylation sites (tertiary alicyclic amines) is 1. The number of nitrogens with zero attached hydrogens (tertiary/aromatic N) is 1. The summed E-state index contributed by atoms with van der Waals surface area (Å²) in [6.45, 7) is 2.15. The Morgan fingerprint density at radius 2 is 1.83 bits per heavy atom. The van der Waals surface area contributed by atoms with E-state index in [1.807, 2.05) is 0 Å². The third-order valence-electron chi connectivity index (χ3n) is 5.27. The van der Waals surface area contributed by atoms with Crippen LogP contribution in [0.1, 0.15) is 35.6 Å². The Bertz CT molecular complexity index is 690. The largest absolute Gasteiger partial charge is 0.497 e. The van der Waals surface area contributed by atoms with Crippen LogP contribution in [0.3, 0.4) is 0 Å². The lowest BCUT2D eigenvalue weighted by Crippen LogP contribution is -2.40. The summed E-state index contributed by atoms with van der Waals surface area (Å²) in [5, 5.41) is 0. The highest BCUT2D eigenvalue weighted by Crippen LogP contribution is 2.52. The molecule has 1 fully saturated rings. The SMILES string of the molecule is COc1ccc2c(c1)C(c1ccccc1)OC21CCN(C)CC1. The lowest BCUT2D eigenvalue weighted by molar-refractivity contribution is -0.0941. The van der Waals surface area contributed by atoms with E-state index in [0.29, 0.717) is 0 Å². The first kappa shape index (κ1) is 14.7. The fourth-order valence-corrected chi connectivity index (χ4v) is 3.89. The minimum atomic E-state index is -0.144. The fraction of sp³-hybridized carbons (Fsp3) is 0.400. The van der Waals surface area contributed by atoms with Gasteiger partial charge in [-0.25, -0.2) is 0 Å². The molecule has 2 aliphatic rings. The standard InChI is InChI=1S/C20H23NO2/c1-21-12-10-20(11-13-21)18-9-8-16(22-2)14-17(18)19(23-20)15-6-4-3-5-7-15/h3-9,14,19H,10-13H2,1-2H3. The van der Waals surface area contributed by atoms with Gasteiger partial charge in [0.25, 0.3) is 0 Å². The van der Waals surface area contributed by atoms with E-state index in [2.05, 4.69) is 60.5 Å². The molecule has 0 saturated carbocycles. The van der Waals surface area contributed by atoms with Crippen molar-refractivity contribution in [2.45, 2.75) is 24.5 Å². The molecular formula is C20H23NO2. The molecule has 0 bridgehead atoms. The maximum absolute atomic E-state index is 6.71. The molecule has 0 amide bonds. The van der Waals surface area contributed by atoms with Gasteiger partial charge in [0.1, 0.15) is 11.9 Å². The molecule has 1 unspecified atom stereocenters.